The zero-order valence-electron chi connectivity index (χ0n) is 18.2. The highest BCUT2D eigenvalue weighted by molar-refractivity contribution is 6.46. The van der Waals surface area contributed by atoms with Crippen LogP contribution in [0.1, 0.15) is 37.4 Å². The summed E-state index contributed by atoms with van der Waals surface area (Å²) in [6, 6.07) is 9.77. The Hall–Kier alpha value is -3.19. The van der Waals surface area contributed by atoms with Crippen molar-refractivity contribution in [3.63, 3.8) is 0 Å². The SMILES string of the molecule is CCN(CC)CCCN1C(=O)C(=O)/C(=C(/O)c2ccccc2OC)C1c1cccnc1. The topological polar surface area (TPSA) is 83.0 Å². The fraction of sp³-hybridized carbons (Fsp3) is 0.375. The van der Waals surface area contributed by atoms with Gasteiger partial charge in [0.25, 0.3) is 11.7 Å². The lowest BCUT2D eigenvalue weighted by molar-refractivity contribution is -0.140. The fourth-order valence-corrected chi connectivity index (χ4v) is 3.98. The molecule has 1 saturated heterocycles. The first-order valence-corrected chi connectivity index (χ1v) is 10.6. The van der Waals surface area contributed by atoms with Crippen molar-refractivity contribution in [2.75, 3.05) is 33.3 Å². The zero-order valence-corrected chi connectivity index (χ0v) is 18.2. The molecule has 7 heteroatoms. The summed E-state index contributed by atoms with van der Waals surface area (Å²) in [5.41, 5.74) is 1.12. The van der Waals surface area contributed by atoms with Gasteiger partial charge in [0.2, 0.25) is 0 Å². The number of benzene rings is 1. The first kappa shape index (κ1) is 22.5. The second-order valence-electron chi connectivity index (χ2n) is 7.36. The Morgan fingerprint density at radius 2 is 1.90 bits per heavy atom. The van der Waals surface area contributed by atoms with E-state index in [9.17, 15) is 14.7 Å². The number of methoxy groups -OCH3 is 1. The number of hydrogen-bond donors (Lipinski definition) is 1. The molecule has 1 unspecified atom stereocenters. The van der Waals surface area contributed by atoms with Crippen LogP contribution < -0.4 is 4.74 Å². The number of aliphatic hydroxyl groups excluding tert-OH is 1. The Morgan fingerprint density at radius 1 is 1.16 bits per heavy atom. The standard InChI is InChI=1S/C24H29N3O4/c1-4-26(5-2)14-9-15-27-21(17-10-8-13-25-16-17)20(23(29)24(27)30)22(28)18-11-6-7-12-19(18)31-3/h6-8,10-13,16,21,28H,4-5,9,14-15H2,1-3H3/b22-20+. The predicted molar refractivity (Wildman–Crippen MR) is 119 cm³/mol. The summed E-state index contributed by atoms with van der Waals surface area (Å²) in [6.07, 6.45) is 3.99. The predicted octanol–water partition coefficient (Wildman–Crippen LogP) is 3.24. The number of hydrogen-bond acceptors (Lipinski definition) is 6. The van der Waals surface area contributed by atoms with Gasteiger partial charge in [0.05, 0.1) is 24.3 Å². The van der Waals surface area contributed by atoms with Crippen LogP contribution >= 0.6 is 0 Å². The molecule has 1 amide bonds. The summed E-state index contributed by atoms with van der Waals surface area (Å²) >= 11 is 0. The molecule has 31 heavy (non-hydrogen) atoms. The number of amides is 1. The summed E-state index contributed by atoms with van der Waals surface area (Å²) in [4.78, 5) is 34.0. The summed E-state index contributed by atoms with van der Waals surface area (Å²) in [6.45, 7) is 7.27. The Morgan fingerprint density at radius 3 is 2.55 bits per heavy atom. The number of aromatic nitrogens is 1. The van der Waals surface area contributed by atoms with Gasteiger partial charge in [-0.25, -0.2) is 0 Å². The van der Waals surface area contributed by atoms with Crippen LogP contribution in [0.3, 0.4) is 0 Å². The van der Waals surface area contributed by atoms with Crippen molar-refractivity contribution in [2.24, 2.45) is 0 Å². The van der Waals surface area contributed by atoms with Crippen molar-refractivity contribution in [1.29, 1.82) is 0 Å². The van der Waals surface area contributed by atoms with Gasteiger partial charge in [0.1, 0.15) is 11.5 Å². The lowest BCUT2D eigenvalue weighted by Gasteiger charge is -2.26. The van der Waals surface area contributed by atoms with Crippen LogP contribution in [0.15, 0.2) is 54.4 Å². The Balaban J connectivity index is 2.03. The van der Waals surface area contributed by atoms with E-state index in [-0.39, 0.29) is 11.3 Å². The lowest BCUT2D eigenvalue weighted by atomic mass is 9.96. The highest BCUT2D eigenvalue weighted by Gasteiger charge is 2.46. The van der Waals surface area contributed by atoms with Gasteiger partial charge < -0.3 is 19.6 Å². The van der Waals surface area contributed by atoms with Crippen LogP contribution in [0.2, 0.25) is 0 Å². The zero-order chi connectivity index (χ0) is 22.4. The fourth-order valence-electron chi connectivity index (χ4n) is 3.98. The number of ketones is 1. The van der Waals surface area contributed by atoms with Gasteiger partial charge in [-0.3, -0.25) is 14.6 Å². The monoisotopic (exact) mass is 423 g/mol. The Kier molecular flexibility index (Phi) is 7.41. The van der Waals surface area contributed by atoms with Gasteiger partial charge in [-0.05, 0) is 49.8 Å². The second kappa shape index (κ2) is 10.2. The largest absolute Gasteiger partial charge is 0.507 e. The average molecular weight is 424 g/mol. The van der Waals surface area contributed by atoms with Crippen LogP contribution in [0.4, 0.5) is 0 Å². The number of nitrogens with zero attached hydrogens (tertiary/aromatic N) is 3. The average Bonchev–Trinajstić information content (AvgIpc) is 3.06. The number of ether oxygens (including phenoxy) is 1. The molecule has 1 N–H and O–H groups in total. The highest BCUT2D eigenvalue weighted by Crippen LogP contribution is 2.40. The number of carbonyl (C=O) groups excluding carboxylic acids is 2. The first-order chi connectivity index (χ1) is 15.0. The molecule has 1 aromatic heterocycles. The number of para-hydroxylation sites is 1. The normalized spacial score (nSPS) is 18.1. The van der Waals surface area contributed by atoms with Gasteiger partial charge in [-0.15, -0.1) is 0 Å². The van der Waals surface area contributed by atoms with E-state index in [1.807, 2.05) is 6.07 Å². The molecule has 0 bridgehead atoms. The maximum Gasteiger partial charge on any atom is 0.295 e. The molecular weight excluding hydrogens is 394 g/mol. The summed E-state index contributed by atoms with van der Waals surface area (Å²) in [5.74, 6) is -1.11. The molecule has 164 valence electrons. The number of pyridine rings is 1. The van der Waals surface area contributed by atoms with Crippen molar-refractivity contribution in [1.82, 2.24) is 14.8 Å². The van der Waals surface area contributed by atoms with Gasteiger partial charge in [-0.1, -0.05) is 32.0 Å². The van der Waals surface area contributed by atoms with Crippen molar-refractivity contribution >= 4 is 17.4 Å². The molecule has 0 aliphatic carbocycles. The van der Waals surface area contributed by atoms with Crippen LogP contribution in [-0.4, -0.2) is 64.9 Å². The van der Waals surface area contributed by atoms with Crippen molar-refractivity contribution in [3.8, 4) is 5.75 Å². The molecule has 0 radical (unpaired) electrons. The number of carbonyl (C=O) groups is 2. The Bertz CT molecular complexity index is 954. The third kappa shape index (κ3) is 4.61. The molecule has 0 saturated carbocycles. The van der Waals surface area contributed by atoms with Crippen LogP contribution in [0.25, 0.3) is 5.76 Å². The van der Waals surface area contributed by atoms with E-state index in [1.165, 1.54) is 7.11 Å². The molecular formula is C24H29N3O4. The minimum atomic E-state index is -0.699. The summed E-state index contributed by atoms with van der Waals surface area (Å²) < 4.78 is 5.35. The maximum absolute atomic E-state index is 13.0. The van der Waals surface area contributed by atoms with Gasteiger partial charge >= 0.3 is 0 Å². The van der Waals surface area contributed by atoms with Crippen molar-refractivity contribution in [2.45, 2.75) is 26.3 Å². The molecule has 1 fully saturated rings. The third-order valence-electron chi connectivity index (χ3n) is 5.67. The molecule has 1 atom stereocenters. The molecule has 1 aliphatic heterocycles. The second-order valence-corrected chi connectivity index (χ2v) is 7.36. The van der Waals surface area contributed by atoms with Crippen molar-refractivity contribution in [3.05, 3.63) is 65.5 Å². The van der Waals surface area contributed by atoms with Gasteiger partial charge in [0, 0.05) is 18.9 Å². The van der Waals surface area contributed by atoms with E-state index >= 15 is 0 Å². The molecule has 7 nitrogen and oxygen atoms in total. The smallest absolute Gasteiger partial charge is 0.295 e. The minimum absolute atomic E-state index is 0.0605. The first-order valence-electron chi connectivity index (χ1n) is 10.6. The van der Waals surface area contributed by atoms with E-state index in [2.05, 4.69) is 23.7 Å². The number of Topliss-reactive ketones (excluding diaryl/α,β-unsaturated/α-hetero) is 1. The summed E-state index contributed by atoms with van der Waals surface area (Å²) in [7, 11) is 1.50. The highest BCUT2D eigenvalue weighted by atomic mass is 16.5. The molecule has 3 rings (SSSR count). The number of aliphatic hydroxyl groups is 1. The number of likely N-dealkylation sites (tertiary alicyclic amines) is 1. The van der Waals surface area contributed by atoms with E-state index in [0.717, 1.165) is 26.1 Å². The van der Waals surface area contributed by atoms with Gasteiger partial charge in [0.15, 0.2) is 0 Å². The minimum Gasteiger partial charge on any atom is -0.507 e. The Labute approximate surface area is 183 Å². The molecule has 1 aromatic carbocycles. The number of rotatable bonds is 9. The lowest BCUT2D eigenvalue weighted by Crippen LogP contribution is -2.33. The maximum atomic E-state index is 13.0. The summed E-state index contributed by atoms with van der Waals surface area (Å²) in [5, 5.41) is 11.1. The third-order valence-corrected chi connectivity index (χ3v) is 5.67. The molecule has 1 aliphatic rings. The van der Waals surface area contributed by atoms with E-state index in [1.54, 1.807) is 47.6 Å². The van der Waals surface area contributed by atoms with Crippen LogP contribution in [-0.2, 0) is 9.59 Å². The quantitative estimate of drug-likeness (QED) is 0.379. The van der Waals surface area contributed by atoms with E-state index in [0.29, 0.717) is 23.4 Å². The van der Waals surface area contributed by atoms with Crippen LogP contribution in [0.5, 0.6) is 5.75 Å². The molecule has 2 aromatic rings. The van der Waals surface area contributed by atoms with E-state index in [4.69, 9.17) is 4.74 Å². The van der Waals surface area contributed by atoms with Crippen molar-refractivity contribution < 1.29 is 19.4 Å². The van der Waals surface area contributed by atoms with Crippen LogP contribution in [0, 0.1) is 0 Å². The van der Waals surface area contributed by atoms with Gasteiger partial charge in [-0.2, -0.15) is 0 Å². The van der Waals surface area contributed by atoms with E-state index < -0.39 is 17.7 Å². The molecule has 0 spiro atoms. The molecule has 2 heterocycles.